The van der Waals surface area contributed by atoms with Gasteiger partial charge in [-0.2, -0.15) is 0 Å². The molecule has 3 aliphatic rings. The smallest absolute Gasteiger partial charge is 0.316 e. The molecular weight excluding hydrogens is 454 g/mol. The van der Waals surface area contributed by atoms with E-state index in [9.17, 15) is 13.6 Å². The van der Waals surface area contributed by atoms with Crippen molar-refractivity contribution in [3.05, 3.63) is 47.3 Å². The number of nitrogens with two attached hydrogens (primary N) is 1. The highest BCUT2D eigenvalue weighted by Gasteiger charge is 2.27. The van der Waals surface area contributed by atoms with Crippen LogP contribution in [0, 0.1) is 11.6 Å². The number of hydrogen-bond acceptors (Lipinski definition) is 6. The van der Waals surface area contributed by atoms with Gasteiger partial charge in [0.2, 0.25) is 5.95 Å². The number of carbonyl (C=O) groups excluding carboxylic acids is 1. The van der Waals surface area contributed by atoms with Crippen LogP contribution in [0.5, 0.6) is 0 Å². The Labute approximate surface area is 202 Å². The topological polar surface area (TPSA) is 106 Å². The third-order valence-corrected chi connectivity index (χ3v) is 7.11. The van der Waals surface area contributed by atoms with E-state index in [1.807, 2.05) is 12.4 Å². The normalized spacial score (nSPS) is 21.0. The summed E-state index contributed by atoms with van der Waals surface area (Å²) in [5.41, 5.74) is 7.26. The van der Waals surface area contributed by atoms with Crippen molar-refractivity contribution in [1.29, 1.82) is 0 Å². The van der Waals surface area contributed by atoms with Crippen molar-refractivity contribution in [1.82, 2.24) is 9.97 Å². The second-order valence-electron chi connectivity index (χ2n) is 9.66. The van der Waals surface area contributed by atoms with Crippen molar-refractivity contribution < 1.29 is 18.4 Å². The molecule has 10 heteroatoms. The number of urea groups is 1. The van der Waals surface area contributed by atoms with Crippen LogP contribution in [0.25, 0.3) is 0 Å². The molecule has 0 radical (unpaired) electrons. The van der Waals surface area contributed by atoms with Gasteiger partial charge in [-0.25, -0.2) is 23.5 Å². The molecule has 186 valence electrons. The third-order valence-electron chi connectivity index (χ3n) is 7.11. The van der Waals surface area contributed by atoms with Gasteiger partial charge in [0.1, 0.15) is 17.7 Å². The summed E-state index contributed by atoms with van der Waals surface area (Å²) in [5.74, 6) is 0.0807. The lowest BCUT2D eigenvalue weighted by molar-refractivity contribution is 0.0406. The molecule has 1 aromatic carbocycles. The molecule has 2 saturated carbocycles. The van der Waals surface area contributed by atoms with E-state index >= 15 is 0 Å². The summed E-state index contributed by atoms with van der Waals surface area (Å²) in [6.07, 6.45) is 10.8. The van der Waals surface area contributed by atoms with Crippen LogP contribution in [-0.2, 0) is 4.84 Å². The number of aromatic nitrogens is 2. The van der Waals surface area contributed by atoms with Gasteiger partial charge in [0.05, 0.1) is 11.4 Å². The maximum Gasteiger partial charge on any atom is 0.316 e. The van der Waals surface area contributed by atoms with Gasteiger partial charge in [-0.3, -0.25) is 0 Å². The number of halogens is 2. The highest BCUT2D eigenvalue weighted by Crippen LogP contribution is 2.39. The molecule has 3 N–H and O–H groups in total. The molecule has 1 aliphatic heterocycles. The van der Waals surface area contributed by atoms with Gasteiger partial charge in [-0.05, 0) is 67.6 Å². The number of nitrogens with one attached hydrogen (secondary N) is 1. The van der Waals surface area contributed by atoms with E-state index in [4.69, 9.17) is 10.6 Å². The third kappa shape index (κ3) is 5.68. The summed E-state index contributed by atoms with van der Waals surface area (Å²) in [5, 5.41) is 6.49. The lowest BCUT2D eigenvalue weighted by Gasteiger charge is -2.31. The predicted molar refractivity (Wildman–Crippen MR) is 129 cm³/mol. The van der Waals surface area contributed by atoms with Crippen LogP contribution < -0.4 is 16.0 Å². The zero-order valence-corrected chi connectivity index (χ0v) is 19.6. The fourth-order valence-electron chi connectivity index (χ4n) is 4.89. The van der Waals surface area contributed by atoms with Crippen LogP contribution in [-0.4, -0.2) is 40.9 Å². The average molecular weight is 485 g/mol. The second kappa shape index (κ2) is 10.1. The van der Waals surface area contributed by atoms with Gasteiger partial charge in [0, 0.05) is 44.4 Å². The molecule has 0 bridgehead atoms. The molecule has 1 aromatic heterocycles. The fourth-order valence-corrected chi connectivity index (χ4v) is 4.89. The summed E-state index contributed by atoms with van der Waals surface area (Å²) >= 11 is 0. The molecule has 5 rings (SSSR count). The van der Waals surface area contributed by atoms with Gasteiger partial charge in [0.15, 0.2) is 0 Å². The van der Waals surface area contributed by atoms with E-state index in [1.165, 1.54) is 18.4 Å². The first kappa shape index (κ1) is 23.4. The Bertz CT molecular complexity index is 1090. The molecular formula is C25H30F2N6O2. The summed E-state index contributed by atoms with van der Waals surface area (Å²) in [4.78, 5) is 28.0. The summed E-state index contributed by atoms with van der Waals surface area (Å²) in [6, 6.07) is 1.21. The Hall–Kier alpha value is -3.30. The average Bonchev–Trinajstić information content (AvgIpc) is 3.71. The molecule has 3 fully saturated rings. The van der Waals surface area contributed by atoms with Gasteiger partial charge in [-0.1, -0.05) is 5.16 Å². The first-order chi connectivity index (χ1) is 17.0. The van der Waals surface area contributed by atoms with Crippen molar-refractivity contribution in [2.24, 2.45) is 10.9 Å². The van der Waals surface area contributed by atoms with E-state index in [0.717, 1.165) is 49.7 Å². The number of hydrogen-bond donors (Lipinski definition) is 2. The largest absolute Gasteiger partial charge is 0.392 e. The molecule has 1 saturated heterocycles. The Morgan fingerprint density at radius 2 is 1.69 bits per heavy atom. The maximum absolute atomic E-state index is 14.5. The van der Waals surface area contributed by atoms with Crippen LogP contribution in [0.4, 0.5) is 25.2 Å². The van der Waals surface area contributed by atoms with Crippen molar-refractivity contribution in [3.8, 4) is 0 Å². The molecule has 2 heterocycles. The Kier molecular flexibility index (Phi) is 6.79. The van der Waals surface area contributed by atoms with E-state index in [1.54, 1.807) is 0 Å². The van der Waals surface area contributed by atoms with Gasteiger partial charge < -0.3 is 20.8 Å². The Morgan fingerprint density at radius 3 is 2.31 bits per heavy atom. The number of amides is 2. The Balaban J connectivity index is 1.09. The van der Waals surface area contributed by atoms with Gasteiger partial charge in [0.25, 0.3) is 0 Å². The number of primary amides is 1. The summed E-state index contributed by atoms with van der Waals surface area (Å²) in [6.45, 7) is 1.65. The molecule has 2 aliphatic carbocycles. The number of rotatable bonds is 6. The predicted octanol–water partition coefficient (Wildman–Crippen LogP) is 4.82. The van der Waals surface area contributed by atoms with Crippen molar-refractivity contribution in [2.45, 2.75) is 69.3 Å². The zero-order valence-electron chi connectivity index (χ0n) is 19.6. The molecule has 2 amide bonds. The summed E-state index contributed by atoms with van der Waals surface area (Å²) < 4.78 is 28.8. The quantitative estimate of drug-likeness (QED) is 0.572. The van der Waals surface area contributed by atoms with E-state index in [2.05, 4.69) is 25.3 Å². The van der Waals surface area contributed by atoms with Crippen LogP contribution in [0.15, 0.2) is 29.7 Å². The number of carbonyl (C=O) groups is 1. The lowest BCUT2D eigenvalue weighted by atomic mass is 9.83. The first-order valence-corrected chi connectivity index (χ1v) is 12.3. The number of piperidine rings is 1. The van der Waals surface area contributed by atoms with E-state index < -0.39 is 17.7 Å². The van der Waals surface area contributed by atoms with Crippen LogP contribution >= 0.6 is 0 Å². The minimum absolute atomic E-state index is 0.0547. The number of oxime groups is 1. The van der Waals surface area contributed by atoms with Crippen molar-refractivity contribution in [3.63, 3.8) is 0 Å². The van der Waals surface area contributed by atoms with Gasteiger partial charge >= 0.3 is 6.03 Å². The SMILES string of the molecule is NC(=O)Nc1cc(F)c(C2CCC(=NOC3CCN(c4ncc(C5CC5)cn4)CC3)CC2)cc1F. The second-order valence-corrected chi connectivity index (χ2v) is 9.66. The van der Waals surface area contributed by atoms with E-state index in [-0.39, 0.29) is 17.7 Å². The first-order valence-electron chi connectivity index (χ1n) is 12.3. The minimum Gasteiger partial charge on any atom is -0.392 e. The molecule has 0 unspecified atom stereocenters. The van der Waals surface area contributed by atoms with Gasteiger partial charge in [-0.15, -0.1) is 0 Å². The van der Waals surface area contributed by atoms with Crippen LogP contribution in [0.3, 0.4) is 0 Å². The standard InChI is InChI=1S/C25H30F2N6O2/c26-21-12-23(31-24(28)34)22(27)11-20(21)16-3-5-18(6-4-16)32-35-19-7-9-33(10-8-19)25-29-13-17(14-30-25)15-1-2-15/h11-16,19H,1-10H2,(H3,28,31,34). The summed E-state index contributed by atoms with van der Waals surface area (Å²) in [7, 11) is 0. The lowest BCUT2D eigenvalue weighted by Crippen LogP contribution is -2.37. The number of benzene rings is 1. The highest BCUT2D eigenvalue weighted by molar-refractivity contribution is 5.88. The Morgan fingerprint density at radius 1 is 1.00 bits per heavy atom. The van der Waals surface area contributed by atoms with Crippen molar-refractivity contribution in [2.75, 3.05) is 23.3 Å². The molecule has 0 spiro atoms. The number of nitrogens with zero attached hydrogens (tertiary/aromatic N) is 4. The monoisotopic (exact) mass is 484 g/mol. The fraction of sp³-hybridized carbons (Fsp3) is 0.520. The highest BCUT2D eigenvalue weighted by atomic mass is 19.1. The zero-order chi connectivity index (χ0) is 24.4. The maximum atomic E-state index is 14.5. The van der Waals surface area contributed by atoms with Crippen LogP contribution in [0.1, 0.15) is 74.3 Å². The van der Waals surface area contributed by atoms with Crippen molar-refractivity contribution >= 4 is 23.4 Å². The molecule has 0 atom stereocenters. The molecule has 2 aromatic rings. The molecule has 8 nitrogen and oxygen atoms in total. The number of anilines is 2. The van der Waals surface area contributed by atoms with Crippen LogP contribution in [0.2, 0.25) is 0 Å². The van der Waals surface area contributed by atoms with E-state index in [0.29, 0.717) is 37.2 Å². The molecule has 35 heavy (non-hydrogen) atoms. The minimum atomic E-state index is -0.934.